The molecular formula is C11H20F2N2O4S. The maximum atomic E-state index is 12.5. The van der Waals surface area contributed by atoms with Gasteiger partial charge in [0.15, 0.2) is 0 Å². The molecule has 20 heavy (non-hydrogen) atoms. The number of piperidine rings is 1. The minimum atomic E-state index is -3.94. The van der Waals surface area contributed by atoms with Crippen LogP contribution in [0, 0.1) is 5.92 Å². The molecule has 1 fully saturated rings. The lowest BCUT2D eigenvalue weighted by atomic mass is 9.99. The second-order valence-electron chi connectivity index (χ2n) is 4.77. The minimum absolute atomic E-state index is 0.0333. The average molecular weight is 314 g/mol. The molecule has 6 nitrogen and oxygen atoms in total. The molecule has 9 heteroatoms. The lowest BCUT2D eigenvalue weighted by molar-refractivity contribution is -0.142. The van der Waals surface area contributed by atoms with Crippen molar-refractivity contribution in [3.05, 3.63) is 0 Å². The van der Waals surface area contributed by atoms with Crippen LogP contribution in [0.1, 0.15) is 26.2 Å². The lowest BCUT2D eigenvalue weighted by Gasteiger charge is -2.33. The fourth-order valence-corrected chi connectivity index (χ4v) is 3.91. The molecule has 0 spiro atoms. The van der Waals surface area contributed by atoms with E-state index in [0.29, 0.717) is 6.42 Å². The first-order valence-electron chi connectivity index (χ1n) is 6.55. The Morgan fingerprint density at radius 3 is 2.35 bits per heavy atom. The zero-order valence-electron chi connectivity index (χ0n) is 11.3. The molecule has 0 aromatic rings. The first kappa shape index (κ1) is 17.3. The Balaban J connectivity index is 2.74. The van der Waals surface area contributed by atoms with Crippen LogP contribution in [0.2, 0.25) is 0 Å². The molecule has 1 heterocycles. The second kappa shape index (κ2) is 7.28. The van der Waals surface area contributed by atoms with E-state index in [-0.39, 0.29) is 32.5 Å². The highest BCUT2D eigenvalue weighted by molar-refractivity contribution is 7.86. The van der Waals surface area contributed by atoms with Gasteiger partial charge < -0.3 is 5.11 Å². The Bertz CT molecular complexity index is 422. The lowest BCUT2D eigenvalue weighted by Crippen LogP contribution is -2.49. The summed E-state index contributed by atoms with van der Waals surface area (Å²) in [7, 11) is -3.94. The summed E-state index contributed by atoms with van der Waals surface area (Å²) in [5, 5.41) is 8.86. The molecule has 118 valence electrons. The van der Waals surface area contributed by atoms with E-state index in [0.717, 1.165) is 8.61 Å². The molecule has 0 aromatic carbocycles. The monoisotopic (exact) mass is 314 g/mol. The fraction of sp³-hybridized carbons (Fsp3) is 0.909. The fourth-order valence-electron chi connectivity index (χ4n) is 2.20. The van der Waals surface area contributed by atoms with Crippen LogP contribution in [0.5, 0.6) is 0 Å². The number of hydrogen-bond acceptors (Lipinski definition) is 3. The molecule has 1 rings (SSSR count). The van der Waals surface area contributed by atoms with Gasteiger partial charge in [-0.25, -0.2) is 8.78 Å². The van der Waals surface area contributed by atoms with Gasteiger partial charge in [0, 0.05) is 19.6 Å². The molecule has 1 aliphatic heterocycles. The largest absolute Gasteiger partial charge is 0.481 e. The highest BCUT2D eigenvalue weighted by atomic mass is 32.2. The third-order valence-corrected chi connectivity index (χ3v) is 5.27. The van der Waals surface area contributed by atoms with Gasteiger partial charge >= 0.3 is 5.97 Å². The first-order chi connectivity index (χ1) is 9.28. The Hall–Kier alpha value is -0.800. The summed E-state index contributed by atoms with van der Waals surface area (Å²) >= 11 is 0. The predicted octanol–water partition coefficient (Wildman–Crippen LogP) is 1.00. The number of hydrogen-bond donors (Lipinski definition) is 1. The highest BCUT2D eigenvalue weighted by Gasteiger charge is 2.35. The third-order valence-electron chi connectivity index (χ3n) is 3.27. The van der Waals surface area contributed by atoms with Crippen LogP contribution in [0.15, 0.2) is 0 Å². The van der Waals surface area contributed by atoms with Crippen LogP contribution in [0.4, 0.5) is 8.78 Å². The van der Waals surface area contributed by atoms with Gasteiger partial charge in [0.2, 0.25) is 0 Å². The van der Waals surface area contributed by atoms with Gasteiger partial charge in [-0.2, -0.15) is 17.0 Å². The summed E-state index contributed by atoms with van der Waals surface area (Å²) < 4.78 is 51.3. The smallest absolute Gasteiger partial charge is 0.306 e. The van der Waals surface area contributed by atoms with Crippen molar-refractivity contribution in [2.45, 2.75) is 32.6 Å². The van der Waals surface area contributed by atoms with Gasteiger partial charge in [0.05, 0.1) is 12.5 Å². The summed E-state index contributed by atoms with van der Waals surface area (Å²) in [6.45, 7) is 1.04. The Kier molecular flexibility index (Phi) is 6.28. The van der Waals surface area contributed by atoms with Crippen LogP contribution in [0.25, 0.3) is 0 Å². The molecule has 0 bridgehead atoms. The molecule has 1 aliphatic rings. The predicted molar refractivity (Wildman–Crippen MR) is 68.7 cm³/mol. The third kappa shape index (κ3) is 4.35. The molecule has 0 aliphatic carbocycles. The van der Waals surface area contributed by atoms with Crippen molar-refractivity contribution in [1.29, 1.82) is 0 Å². The van der Waals surface area contributed by atoms with Crippen LogP contribution in [-0.2, 0) is 15.0 Å². The quantitative estimate of drug-likeness (QED) is 0.760. The number of halogens is 2. The van der Waals surface area contributed by atoms with Crippen molar-refractivity contribution in [2.24, 2.45) is 5.92 Å². The Morgan fingerprint density at radius 2 is 1.95 bits per heavy atom. The van der Waals surface area contributed by atoms with Gasteiger partial charge in [0.1, 0.15) is 0 Å². The topological polar surface area (TPSA) is 77.9 Å². The number of alkyl halides is 2. The molecule has 1 saturated heterocycles. The van der Waals surface area contributed by atoms with Crippen LogP contribution in [-0.4, -0.2) is 60.7 Å². The molecule has 0 atom stereocenters. The summed E-state index contributed by atoms with van der Waals surface area (Å²) in [5.41, 5.74) is 0. The molecule has 0 saturated carbocycles. The number of nitrogens with zero attached hydrogens (tertiary/aromatic N) is 2. The van der Waals surface area contributed by atoms with E-state index in [4.69, 9.17) is 5.11 Å². The van der Waals surface area contributed by atoms with Crippen molar-refractivity contribution in [3.8, 4) is 0 Å². The van der Waals surface area contributed by atoms with E-state index >= 15 is 0 Å². The summed E-state index contributed by atoms with van der Waals surface area (Å²) in [5.74, 6) is -1.50. The van der Waals surface area contributed by atoms with Crippen molar-refractivity contribution in [1.82, 2.24) is 8.61 Å². The highest BCUT2D eigenvalue weighted by Crippen LogP contribution is 2.22. The molecule has 0 aromatic heterocycles. The van der Waals surface area contributed by atoms with Gasteiger partial charge in [-0.3, -0.25) is 4.79 Å². The van der Waals surface area contributed by atoms with Gasteiger partial charge in [-0.05, 0) is 19.3 Å². The molecule has 1 N–H and O–H groups in total. The number of rotatable bonds is 7. The van der Waals surface area contributed by atoms with E-state index in [2.05, 4.69) is 0 Å². The van der Waals surface area contributed by atoms with E-state index in [1.807, 2.05) is 0 Å². The van der Waals surface area contributed by atoms with Crippen LogP contribution in [0.3, 0.4) is 0 Å². The Labute approximate surface area is 117 Å². The SMILES string of the molecule is CCCN(CC(F)F)S(=O)(=O)N1CCC(C(=O)O)CC1. The van der Waals surface area contributed by atoms with Crippen molar-refractivity contribution >= 4 is 16.2 Å². The number of carbonyl (C=O) groups is 1. The second-order valence-corrected chi connectivity index (χ2v) is 6.70. The summed E-state index contributed by atoms with van der Waals surface area (Å²) in [6.07, 6.45) is -1.86. The van der Waals surface area contributed by atoms with E-state index in [9.17, 15) is 22.0 Å². The van der Waals surface area contributed by atoms with Crippen LogP contribution < -0.4 is 0 Å². The summed E-state index contributed by atoms with van der Waals surface area (Å²) in [4.78, 5) is 10.8. The number of aliphatic carboxylic acids is 1. The zero-order chi connectivity index (χ0) is 15.3. The Morgan fingerprint density at radius 1 is 1.40 bits per heavy atom. The van der Waals surface area contributed by atoms with Gasteiger partial charge in [-0.15, -0.1) is 0 Å². The standard InChI is InChI=1S/C11H20F2N2O4S/c1-2-5-15(8-10(12)13)20(18,19)14-6-3-9(4-7-14)11(16)17/h9-10H,2-8H2,1H3,(H,16,17). The minimum Gasteiger partial charge on any atom is -0.481 e. The van der Waals surface area contributed by atoms with Gasteiger partial charge in [0.25, 0.3) is 16.6 Å². The number of carboxylic acids is 1. The average Bonchev–Trinajstić information content (AvgIpc) is 2.37. The van der Waals surface area contributed by atoms with Crippen molar-refractivity contribution in [2.75, 3.05) is 26.2 Å². The van der Waals surface area contributed by atoms with E-state index < -0.39 is 35.1 Å². The zero-order valence-corrected chi connectivity index (χ0v) is 12.2. The van der Waals surface area contributed by atoms with Crippen LogP contribution >= 0.6 is 0 Å². The van der Waals surface area contributed by atoms with Gasteiger partial charge in [-0.1, -0.05) is 6.92 Å². The van der Waals surface area contributed by atoms with E-state index in [1.165, 1.54) is 0 Å². The first-order valence-corrected chi connectivity index (χ1v) is 7.95. The molecule has 0 radical (unpaired) electrons. The number of carboxylic acid groups (broad SMARTS) is 1. The van der Waals surface area contributed by atoms with Crippen molar-refractivity contribution in [3.63, 3.8) is 0 Å². The molecule has 0 unspecified atom stereocenters. The molecule has 0 amide bonds. The maximum absolute atomic E-state index is 12.5. The maximum Gasteiger partial charge on any atom is 0.306 e. The summed E-state index contributed by atoms with van der Waals surface area (Å²) in [6, 6.07) is 0. The van der Waals surface area contributed by atoms with Crippen molar-refractivity contribution < 1.29 is 27.1 Å². The molecular weight excluding hydrogens is 294 g/mol. The normalized spacial score (nSPS) is 18.9. The van der Waals surface area contributed by atoms with E-state index in [1.54, 1.807) is 6.92 Å².